The number of nitrogens with one attached hydrogen (secondary N) is 2. The third-order valence-corrected chi connectivity index (χ3v) is 8.03. The third-order valence-electron chi connectivity index (χ3n) is 8.03. The number of ketones is 2. The molecule has 1 aliphatic heterocycles. The van der Waals surface area contributed by atoms with Crippen LogP contribution in [-0.2, 0) is 38.1 Å². The highest BCUT2D eigenvalue weighted by molar-refractivity contribution is 6.23. The summed E-state index contributed by atoms with van der Waals surface area (Å²) in [6.07, 6.45) is 5.81. The SMILES string of the molecule is C=CCNC1=C2C[C@@H](C)C[C@H](OC)[C@H](OC(=O)CCCN)[C@@H](C)/C=C(\C)[C@H](OC(N)=O)[C@@H](OC)/C=C\C=C(/C)C(=O)NC(=CC1=O)C2=O.Cl. The lowest BCUT2D eigenvalue weighted by Gasteiger charge is -2.32. The van der Waals surface area contributed by atoms with Crippen LogP contribution in [0.25, 0.3) is 0 Å². The van der Waals surface area contributed by atoms with Crippen LogP contribution in [0.5, 0.6) is 0 Å². The number of hydrogen-bond acceptors (Lipinski definition) is 11. The van der Waals surface area contributed by atoms with E-state index in [2.05, 4.69) is 17.2 Å². The van der Waals surface area contributed by atoms with Crippen LogP contribution < -0.4 is 22.1 Å². The van der Waals surface area contributed by atoms with E-state index in [1.54, 1.807) is 38.2 Å². The maximum absolute atomic E-state index is 13.8. The molecule has 0 unspecified atom stereocenters. The molecule has 2 bridgehead atoms. The molecule has 0 fully saturated rings. The lowest BCUT2D eigenvalue weighted by atomic mass is 9.85. The number of Topliss-reactive ketones (excluding diaryl/α,β-unsaturated/α-hetero) is 1. The maximum Gasteiger partial charge on any atom is 0.405 e. The summed E-state index contributed by atoms with van der Waals surface area (Å²) in [7, 11) is 2.92. The normalized spacial score (nSPS) is 28.4. The number of halogens is 1. The predicted octanol–water partition coefficient (Wildman–Crippen LogP) is 3.25. The second-order valence-corrected chi connectivity index (χ2v) is 12.0. The van der Waals surface area contributed by atoms with Gasteiger partial charge in [0, 0.05) is 50.3 Å². The van der Waals surface area contributed by atoms with Crippen molar-refractivity contribution in [2.45, 2.75) is 77.8 Å². The van der Waals surface area contributed by atoms with Gasteiger partial charge in [-0.15, -0.1) is 19.0 Å². The fourth-order valence-electron chi connectivity index (χ4n) is 5.58. The van der Waals surface area contributed by atoms with Crippen molar-refractivity contribution in [2.24, 2.45) is 23.3 Å². The molecule has 272 valence electrons. The van der Waals surface area contributed by atoms with Gasteiger partial charge in [0.1, 0.15) is 12.2 Å². The molecule has 0 aromatic carbocycles. The zero-order chi connectivity index (χ0) is 36.0. The fourth-order valence-corrected chi connectivity index (χ4v) is 5.58. The van der Waals surface area contributed by atoms with Crippen molar-refractivity contribution in [1.82, 2.24) is 10.6 Å². The summed E-state index contributed by atoms with van der Waals surface area (Å²) in [5.41, 5.74) is 12.0. The zero-order valence-electron chi connectivity index (χ0n) is 29.1. The number of hydrogen-bond donors (Lipinski definition) is 4. The number of allylic oxidation sites excluding steroid dienone is 4. The lowest BCUT2D eigenvalue weighted by molar-refractivity contribution is -0.160. The highest BCUT2D eigenvalue weighted by Gasteiger charge is 2.35. The minimum Gasteiger partial charge on any atom is -0.459 e. The lowest BCUT2D eigenvalue weighted by Crippen LogP contribution is -2.40. The molecule has 2 amide bonds. The number of primary amides is 1. The Kier molecular flexibility index (Phi) is 18.5. The highest BCUT2D eigenvalue weighted by Crippen LogP contribution is 2.30. The van der Waals surface area contributed by atoms with Crippen molar-refractivity contribution in [2.75, 3.05) is 27.3 Å². The maximum atomic E-state index is 13.8. The molecule has 6 N–H and O–H groups in total. The van der Waals surface area contributed by atoms with E-state index >= 15 is 0 Å². The Balaban J connectivity index is 0.0000120. The third kappa shape index (κ3) is 12.7. The number of nitrogens with two attached hydrogens (primary N) is 2. The Hall–Kier alpha value is -4.04. The molecule has 0 aromatic rings. The summed E-state index contributed by atoms with van der Waals surface area (Å²) < 4.78 is 23.0. The summed E-state index contributed by atoms with van der Waals surface area (Å²) in [4.78, 5) is 64.9. The van der Waals surface area contributed by atoms with Gasteiger partial charge in [-0.25, -0.2) is 4.79 Å². The van der Waals surface area contributed by atoms with Crippen molar-refractivity contribution in [1.29, 1.82) is 0 Å². The van der Waals surface area contributed by atoms with Crippen LogP contribution in [-0.4, -0.2) is 81.3 Å². The van der Waals surface area contributed by atoms with E-state index in [4.69, 9.17) is 30.4 Å². The van der Waals surface area contributed by atoms with Gasteiger partial charge in [0.15, 0.2) is 6.10 Å². The van der Waals surface area contributed by atoms with Gasteiger partial charge in [-0.3, -0.25) is 19.2 Å². The molecule has 0 saturated heterocycles. The van der Waals surface area contributed by atoms with Gasteiger partial charge in [0.2, 0.25) is 11.6 Å². The molecule has 2 aliphatic rings. The van der Waals surface area contributed by atoms with E-state index in [0.29, 0.717) is 25.0 Å². The Morgan fingerprint density at radius 2 is 1.82 bits per heavy atom. The smallest absolute Gasteiger partial charge is 0.405 e. The van der Waals surface area contributed by atoms with E-state index in [9.17, 15) is 24.0 Å². The molecular weight excluding hydrogens is 656 g/mol. The Labute approximate surface area is 294 Å². The Morgan fingerprint density at radius 3 is 2.41 bits per heavy atom. The van der Waals surface area contributed by atoms with Crippen LogP contribution in [0, 0.1) is 11.8 Å². The van der Waals surface area contributed by atoms with Gasteiger partial charge < -0.3 is 41.0 Å². The van der Waals surface area contributed by atoms with Crippen LogP contribution in [0.1, 0.15) is 53.4 Å². The summed E-state index contributed by atoms with van der Waals surface area (Å²) in [5.74, 6) is -2.75. The summed E-state index contributed by atoms with van der Waals surface area (Å²) in [6, 6.07) is 0. The first-order chi connectivity index (χ1) is 22.8. The largest absolute Gasteiger partial charge is 0.459 e. The predicted molar refractivity (Wildman–Crippen MR) is 187 cm³/mol. The van der Waals surface area contributed by atoms with Gasteiger partial charge in [0.25, 0.3) is 5.91 Å². The highest BCUT2D eigenvalue weighted by atomic mass is 35.5. The molecule has 1 heterocycles. The first kappa shape index (κ1) is 43.0. The van der Waals surface area contributed by atoms with E-state index < -0.39 is 59.9 Å². The van der Waals surface area contributed by atoms with Gasteiger partial charge in [-0.1, -0.05) is 44.2 Å². The quantitative estimate of drug-likeness (QED) is 0.148. The molecule has 0 aromatic heterocycles. The number of carbonyl (C=O) groups excluding carboxylic acids is 5. The topological polar surface area (TPSA) is 198 Å². The van der Waals surface area contributed by atoms with Crippen molar-refractivity contribution in [3.8, 4) is 0 Å². The number of methoxy groups -OCH3 is 2. The summed E-state index contributed by atoms with van der Waals surface area (Å²) >= 11 is 0. The van der Waals surface area contributed by atoms with Crippen LogP contribution in [0.3, 0.4) is 0 Å². The summed E-state index contributed by atoms with van der Waals surface area (Å²) in [6.45, 7) is 11.2. The minimum absolute atomic E-state index is 0. The van der Waals surface area contributed by atoms with E-state index in [1.165, 1.54) is 20.3 Å². The van der Waals surface area contributed by atoms with E-state index in [0.717, 1.165) is 6.08 Å². The number of fused-ring (bicyclic) bond motifs is 2. The van der Waals surface area contributed by atoms with Crippen molar-refractivity contribution in [3.63, 3.8) is 0 Å². The monoisotopic (exact) mass is 706 g/mol. The first-order valence-electron chi connectivity index (χ1n) is 15.9. The Morgan fingerprint density at radius 1 is 1.12 bits per heavy atom. The van der Waals surface area contributed by atoms with Crippen LogP contribution >= 0.6 is 12.4 Å². The van der Waals surface area contributed by atoms with Gasteiger partial charge in [-0.2, -0.15) is 0 Å². The van der Waals surface area contributed by atoms with Crippen molar-refractivity contribution >= 4 is 41.9 Å². The molecule has 6 atom stereocenters. The average molecular weight is 707 g/mol. The molecule has 0 saturated carbocycles. The number of esters is 1. The van der Waals surface area contributed by atoms with Crippen molar-refractivity contribution in [3.05, 3.63) is 71.1 Å². The molecule has 14 heteroatoms. The fraction of sp³-hybridized carbons (Fsp3) is 0.514. The van der Waals surface area contributed by atoms with Gasteiger partial charge >= 0.3 is 12.1 Å². The second kappa shape index (κ2) is 21.1. The first-order valence-corrected chi connectivity index (χ1v) is 15.9. The average Bonchev–Trinajstić information content (AvgIpc) is 3.03. The van der Waals surface area contributed by atoms with Crippen LogP contribution in [0.15, 0.2) is 71.1 Å². The van der Waals surface area contributed by atoms with Crippen LogP contribution in [0.2, 0.25) is 0 Å². The Bertz CT molecular complexity index is 1380. The van der Waals surface area contributed by atoms with Crippen LogP contribution in [0.4, 0.5) is 4.79 Å². The van der Waals surface area contributed by atoms with E-state index in [-0.39, 0.29) is 60.3 Å². The molecule has 49 heavy (non-hydrogen) atoms. The molecule has 0 spiro atoms. The number of amides is 2. The molecular formula is C35H51ClN4O9. The molecule has 13 nitrogen and oxygen atoms in total. The molecule has 2 rings (SSSR count). The standard InChI is InChI=1S/C35H50N4O9.ClH/c1-8-15-38-30-24-16-20(2)17-28(46-7)33(47-29(41)13-10-14-36)23(5)18-22(4)32(48-35(37)44)27(45-6)12-9-11-21(3)34(43)39-25(31(24)42)19-26(30)40;/h8-9,11-12,18-20,23,27-28,32-33,38H,1,10,13-17,36H2,2-7H3,(H2,37,44)(H,39,43);1H/b12-9-,21-11+,22-18+;/t20-,23+,27+,28+,32+,33-;/m1./s1. The number of carbonyl (C=O) groups is 5. The van der Waals surface area contributed by atoms with Gasteiger partial charge in [-0.05, 0) is 51.1 Å². The number of rotatable bonds is 10. The second-order valence-electron chi connectivity index (χ2n) is 12.0. The number of ether oxygens (including phenoxy) is 4. The van der Waals surface area contributed by atoms with Crippen molar-refractivity contribution < 1.29 is 42.9 Å². The van der Waals surface area contributed by atoms with Gasteiger partial charge in [0.05, 0.1) is 17.5 Å². The van der Waals surface area contributed by atoms with E-state index in [1.807, 2.05) is 13.8 Å². The summed E-state index contributed by atoms with van der Waals surface area (Å²) in [5, 5.41) is 5.55. The zero-order valence-corrected chi connectivity index (χ0v) is 29.9. The minimum atomic E-state index is -1.02. The molecule has 0 radical (unpaired) electrons. The molecule has 1 aliphatic carbocycles.